The average Bonchev–Trinajstić information content (AvgIpc) is 3.41. The maximum absolute atomic E-state index is 14.2. The van der Waals surface area contributed by atoms with Crippen LogP contribution in [0.1, 0.15) is 25.6 Å². The normalized spacial score (nSPS) is 12.9. The second-order valence-corrected chi connectivity index (χ2v) is 8.65. The Morgan fingerprint density at radius 2 is 1.86 bits per heavy atom. The molecule has 0 radical (unpaired) electrons. The fourth-order valence-electron chi connectivity index (χ4n) is 3.78. The van der Waals surface area contributed by atoms with Crippen LogP contribution in [0.15, 0.2) is 93.6 Å². The number of hydrazine groups is 1. The van der Waals surface area contributed by atoms with E-state index in [0.29, 0.717) is 21.6 Å². The SMILES string of the molecule is O=C(C1=CNN(C(=O)c2cccc(Cn3c(=O)[nH]c(=O)c4c(F)cccc43)c2)C=C1)c1cccs1. The number of hydrogen-bond donors (Lipinski definition) is 2. The molecule has 2 N–H and O–H groups in total. The first kappa shape index (κ1) is 22.2. The minimum Gasteiger partial charge on any atom is -0.298 e. The van der Waals surface area contributed by atoms with Crippen molar-refractivity contribution >= 4 is 33.9 Å². The molecule has 174 valence electrons. The van der Waals surface area contributed by atoms with Gasteiger partial charge in [-0.15, -0.1) is 11.3 Å². The Bertz CT molecular complexity index is 1650. The Morgan fingerprint density at radius 3 is 2.60 bits per heavy atom. The lowest BCUT2D eigenvalue weighted by Gasteiger charge is -2.22. The van der Waals surface area contributed by atoms with E-state index in [2.05, 4.69) is 10.4 Å². The monoisotopic (exact) mass is 488 g/mol. The van der Waals surface area contributed by atoms with Crippen LogP contribution in [0.25, 0.3) is 10.9 Å². The summed E-state index contributed by atoms with van der Waals surface area (Å²) >= 11 is 1.34. The highest BCUT2D eigenvalue weighted by molar-refractivity contribution is 7.12. The molecule has 0 unspecified atom stereocenters. The van der Waals surface area contributed by atoms with Gasteiger partial charge in [-0.25, -0.2) is 14.2 Å². The summed E-state index contributed by atoms with van der Waals surface area (Å²) in [5.74, 6) is -1.26. The molecular weight excluding hydrogens is 471 g/mol. The van der Waals surface area contributed by atoms with E-state index in [9.17, 15) is 23.6 Å². The molecule has 10 heteroatoms. The van der Waals surface area contributed by atoms with Gasteiger partial charge < -0.3 is 0 Å². The lowest BCUT2D eigenvalue weighted by molar-refractivity contribution is 0.0776. The van der Waals surface area contributed by atoms with Gasteiger partial charge in [-0.3, -0.25) is 29.4 Å². The minimum absolute atomic E-state index is 0.0132. The Morgan fingerprint density at radius 1 is 1.03 bits per heavy atom. The third-order valence-corrected chi connectivity index (χ3v) is 6.35. The Hall–Kier alpha value is -4.57. The van der Waals surface area contributed by atoms with Crippen molar-refractivity contribution in [2.75, 3.05) is 0 Å². The quantitative estimate of drug-likeness (QED) is 0.420. The summed E-state index contributed by atoms with van der Waals surface area (Å²) in [6.45, 7) is 0.0132. The number of Topliss-reactive ketones (excluding diaryl/α,β-unsaturated/α-hetero) is 1. The Balaban J connectivity index is 1.38. The number of nitrogens with one attached hydrogen (secondary N) is 2. The maximum Gasteiger partial charge on any atom is 0.329 e. The molecular formula is C25H17FN4O4S. The van der Waals surface area contributed by atoms with E-state index in [1.165, 1.54) is 45.4 Å². The predicted molar refractivity (Wildman–Crippen MR) is 130 cm³/mol. The molecule has 8 nitrogen and oxygen atoms in total. The van der Waals surface area contributed by atoms with Crippen LogP contribution in [0.5, 0.6) is 0 Å². The zero-order valence-electron chi connectivity index (χ0n) is 18.0. The molecule has 1 aliphatic rings. The van der Waals surface area contributed by atoms with Gasteiger partial charge in [0.05, 0.1) is 22.3 Å². The van der Waals surface area contributed by atoms with Gasteiger partial charge in [0.25, 0.3) is 11.5 Å². The van der Waals surface area contributed by atoms with Gasteiger partial charge in [0, 0.05) is 23.5 Å². The summed E-state index contributed by atoms with van der Waals surface area (Å²) in [6, 6.07) is 14.2. The van der Waals surface area contributed by atoms with Crippen molar-refractivity contribution in [2.45, 2.75) is 6.54 Å². The zero-order chi connectivity index (χ0) is 24.5. The molecule has 2 aromatic carbocycles. The number of ketones is 1. The number of aromatic amines is 1. The first-order chi connectivity index (χ1) is 16.9. The first-order valence-corrected chi connectivity index (χ1v) is 11.4. The molecule has 35 heavy (non-hydrogen) atoms. The maximum atomic E-state index is 14.2. The largest absolute Gasteiger partial charge is 0.329 e. The molecule has 0 bridgehead atoms. The predicted octanol–water partition coefficient (Wildman–Crippen LogP) is 3.18. The Labute approximate surface area is 201 Å². The molecule has 0 spiro atoms. The van der Waals surface area contributed by atoms with Gasteiger partial charge in [-0.05, 0) is 47.4 Å². The summed E-state index contributed by atoms with van der Waals surface area (Å²) in [7, 11) is 0. The summed E-state index contributed by atoms with van der Waals surface area (Å²) in [5.41, 5.74) is 2.83. The standard InChI is InChI=1S/C25H17FN4O4S/c26-18-6-2-7-19-21(18)23(32)28-25(34)29(19)14-15-4-1-5-16(12-15)24(33)30-10-9-17(13-27-30)22(31)20-8-3-11-35-20/h1-13,27H,14H2,(H,28,32,34). The van der Waals surface area contributed by atoms with Crippen molar-refractivity contribution in [3.05, 3.63) is 127 Å². The average molecular weight is 489 g/mol. The van der Waals surface area contributed by atoms with Crippen molar-refractivity contribution in [1.82, 2.24) is 20.0 Å². The second-order valence-electron chi connectivity index (χ2n) is 7.71. The minimum atomic E-state index is -0.795. The lowest BCUT2D eigenvalue weighted by Crippen LogP contribution is -2.37. The fourth-order valence-corrected chi connectivity index (χ4v) is 4.47. The summed E-state index contributed by atoms with van der Waals surface area (Å²) in [5, 5.41) is 2.85. The van der Waals surface area contributed by atoms with Crippen LogP contribution >= 0.6 is 11.3 Å². The van der Waals surface area contributed by atoms with Crippen LogP contribution in [0.3, 0.4) is 0 Å². The van der Waals surface area contributed by atoms with Crippen molar-refractivity contribution in [3.63, 3.8) is 0 Å². The van der Waals surface area contributed by atoms with Gasteiger partial charge in [0.1, 0.15) is 5.82 Å². The number of hydrogen-bond acceptors (Lipinski definition) is 6. The highest BCUT2D eigenvalue weighted by Gasteiger charge is 2.19. The van der Waals surface area contributed by atoms with Gasteiger partial charge in [0.2, 0.25) is 5.78 Å². The van der Waals surface area contributed by atoms with Gasteiger partial charge in [-0.2, -0.15) is 0 Å². The number of benzene rings is 2. The lowest BCUT2D eigenvalue weighted by atomic mass is 10.1. The van der Waals surface area contributed by atoms with Gasteiger partial charge in [0.15, 0.2) is 0 Å². The second kappa shape index (κ2) is 8.99. The number of amides is 1. The smallest absolute Gasteiger partial charge is 0.298 e. The molecule has 4 aromatic rings. The molecule has 3 heterocycles. The highest BCUT2D eigenvalue weighted by Crippen LogP contribution is 2.18. The van der Waals surface area contributed by atoms with E-state index in [0.717, 1.165) is 6.07 Å². The van der Waals surface area contributed by atoms with E-state index < -0.39 is 17.1 Å². The number of fused-ring (bicyclic) bond motifs is 1. The van der Waals surface area contributed by atoms with Crippen LogP contribution in [-0.2, 0) is 6.54 Å². The number of nitrogens with zero attached hydrogens (tertiary/aromatic N) is 2. The van der Waals surface area contributed by atoms with Crippen LogP contribution in [0.4, 0.5) is 4.39 Å². The molecule has 0 aliphatic carbocycles. The number of H-pyrrole nitrogens is 1. The van der Waals surface area contributed by atoms with E-state index in [1.807, 2.05) is 5.38 Å². The van der Waals surface area contributed by atoms with Gasteiger partial charge in [-0.1, -0.05) is 24.3 Å². The molecule has 2 aromatic heterocycles. The van der Waals surface area contributed by atoms with Crippen LogP contribution in [-0.4, -0.2) is 26.3 Å². The number of aromatic nitrogens is 2. The van der Waals surface area contributed by atoms with Gasteiger partial charge >= 0.3 is 5.69 Å². The highest BCUT2D eigenvalue weighted by atomic mass is 32.1. The van der Waals surface area contributed by atoms with E-state index in [4.69, 9.17) is 0 Å². The van der Waals surface area contributed by atoms with Crippen molar-refractivity contribution in [2.24, 2.45) is 0 Å². The molecule has 1 aliphatic heterocycles. The van der Waals surface area contributed by atoms with E-state index >= 15 is 0 Å². The topological polar surface area (TPSA) is 104 Å². The van der Waals surface area contributed by atoms with Crippen molar-refractivity contribution in [3.8, 4) is 0 Å². The molecule has 0 fully saturated rings. The van der Waals surface area contributed by atoms with Crippen molar-refractivity contribution < 1.29 is 14.0 Å². The number of carbonyl (C=O) groups is 2. The zero-order valence-corrected chi connectivity index (χ0v) is 18.8. The summed E-state index contributed by atoms with van der Waals surface area (Å²) in [6.07, 6.45) is 4.49. The van der Waals surface area contributed by atoms with E-state index in [1.54, 1.807) is 42.5 Å². The molecule has 0 saturated carbocycles. The fraction of sp³-hybridized carbons (Fsp3) is 0.0400. The van der Waals surface area contributed by atoms with Crippen LogP contribution < -0.4 is 16.7 Å². The number of carbonyl (C=O) groups excluding carboxylic acids is 2. The molecule has 1 amide bonds. The summed E-state index contributed by atoms with van der Waals surface area (Å²) in [4.78, 5) is 52.8. The molecule has 5 rings (SSSR count). The molecule has 0 atom stereocenters. The van der Waals surface area contributed by atoms with Crippen LogP contribution in [0, 0.1) is 5.82 Å². The van der Waals surface area contributed by atoms with Crippen LogP contribution in [0.2, 0.25) is 0 Å². The number of allylic oxidation sites excluding steroid dienone is 2. The van der Waals surface area contributed by atoms with Crippen molar-refractivity contribution in [1.29, 1.82) is 0 Å². The first-order valence-electron chi connectivity index (χ1n) is 10.5. The number of thiophene rings is 1. The van der Waals surface area contributed by atoms with E-state index in [-0.39, 0.29) is 29.1 Å². The third-order valence-electron chi connectivity index (χ3n) is 5.48. The third kappa shape index (κ3) is 4.22. The Kier molecular flexibility index (Phi) is 5.71. The summed E-state index contributed by atoms with van der Waals surface area (Å²) < 4.78 is 15.5. The number of halogens is 1. The molecule has 0 saturated heterocycles. The number of rotatable bonds is 5.